The van der Waals surface area contributed by atoms with Crippen LogP contribution in [-0.2, 0) is 4.79 Å². The molecule has 1 aromatic carbocycles. The molecule has 1 fully saturated rings. The summed E-state index contributed by atoms with van der Waals surface area (Å²) in [5, 5.41) is 3.01. The van der Waals surface area contributed by atoms with Crippen molar-refractivity contribution in [3.8, 4) is 0 Å². The van der Waals surface area contributed by atoms with Gasteiger partial charge in [0.05, 0.1) is 0 Å². The van der Waals surface area contributed by atoms with Crippen molar-refractivity contribution in [2.24, 2.45) is 0 Å². The summed E-state index contributed by atoms with van der Waals surface area (Å²) in [6.07, 6.45) is 2.35. The molecule has 2 rings (SSSR count). The van der Waals surface area contributed by atoms with Crippen molar-refractivity contribution < 1.29 is 9.59 Å². The Morgan fingerprint density at radius 2 is 2.15 bits per heavy atom. The lowest BCUT2D eigenvalue weighted by Crippen LogP contribution is -2.42. The van der Waals surface area contributed by atoms with Gasteiger partial charge >= 0.3 is 0 Å². The van der Waals surface area contributed by atoms with Crippen LogP contribution in [0.5, 0.6) is 0 Å². The summed E-state index contributed by atoms with van der Waals surface area (Å²) < 4.78 is 0. The van der Waals surface area contributed by atoms with Gasteiger partial charge in [-0.05, 0) is 44.9 Å². The first-order chi connectivity index (χ1) is 9.43. The van der Waals surface area contributed by atoms with Crippen LogP contribution in [0.1, 0.15) is 50.4 Å². The Morgan fingerprint density at radius 3 is 2.75 bits per heavy atom. The highest BCUT2D eigenvalue weighted by Crippen LogP contribution is 2.22. The summed E-state index contributed by atoms with van der Waals surface area (Å²) in [5.74, 6) is 0.0433. The number of hydrogen-bond acceptors (Lipinski definition) is 2. The van der Waals surface area contributed by atoms with Gasteiger partial charge in [0.1, 0.15) is 0 Å². The third kappa shape index (κ3) is 3.18. The second kappa shape index (κ2) is 5.65. The fourth-order valence-electron chi connectivity index (χ4n) is 2.20. The van der Waals surface area contributed by atoms with Gasteiger partial charge in [-0.1, -0.05) is 13.0 Å². The average Bonchev–Trinajstić information content (AvgIpc) is 2.85. The number of anilines is 1. The second-order valence-electron chi connectivity index (χ2n) is 5.89. The maximum Gasteiger partial charge on any atom is 0.251 e. The molecule has 0 saturated carbocycles. The van der Waals surface area contributed by atoms with E-state index >= 15 is 0 Å². The Labute approximate surface area is 120 Å². The zero-order chi connectivity index (χ0) is 14.8. The first kappa shape index (κ1) is 14.6. The summed E-state index contributed by atoms with van der Waals surface area (Å²) in [6, 6.07) is 7.29. The quantitative estimate of drug-likeness (QED) is 0.917. The molecule has 1 N–H and O–H groups in total. The molecular weight excluding hydrogens is 252 g/mol. The first-order valence-corrected chi connectivity index (χ1v) is 7.16. The van der Waals surface area contributed by atoms with E-state index in [9.17, 15) is 9.59 Å². The molecular formula is C16H22N2O2. The second-order valence-corrected chi connectivity index (χ2v) is 5.89. The topological polar surface area (TPSA) is 49.4 Å². The zero-order valence-corrected chi connectivity index (χ0v) is 12.4. The zero-order valence-electron chi connectivity index (χ0n) is 12.4. The smallest absolute Gasteiger partial charge is 0.251 e. The summed E-state index contributed by atoms with van der Waals surface area (Å²) in [7, 11) is 0. The molecule has 2 amide bonds. The van der Waals surface area contributed by atoms with Gasteiger partial charge in [-0.2, -0.15) is 0 Å². The first-order valence-electron chi connectivity index (χ1n) is 7.16. The van der Waals surface area contributed by atoms with E-state index in [1.54, 1.807) is 17.0 Å². The molecule has 1 aliphatic heterocycles. The van der Waals surface area contributed by atoms with E-state index in [1.807, 2.05) is 32.9 Å². The highest BCUT2D eigenvalue weighted by molar-refractivity contribution is 5.99. The van der Waals surface area contributed by atoms with E-state index in [2.05, 4.69) is 5.32 Å². The van der Waals surface area contributed by atoms with E-state index < -0.39 is 0 Å². The van der Waals surface area contributed by atoms with Crippen LogP contribution < -0.4 is 10.2 Å². The molecule has 0 bridgehead atoms. The molecule has 20 heavy (non-hydrogen) atoms. The van der Waals surface area contributed by atoms with Gasteiger partial charge in [-0.25, -0.2) is 0 Å². The summed E-state index contributed by atoms with van der Waals surface area (Å²) in [6.45, 7) is 6.78. The number of benzene rings is 1. The lowest BCUT2D eigenvalue weighted by atomic mass is 10.0. The number of carbonyl (C=O) groups is 2. The van der Waals surface area contributed by atoms with Crippen LogP contribution in [-0.4, -0.2) is 23.9 Å². The monoisotopic (exact) mass is 274 g/mol. The summed E-state index contributed by atoms with van der Waals surface area (Å²) in [5.41, 5.74) is 1.19. The predicted octanol–water partition coefficient (Wildman–Crippen LogP) is 2.73. The Balaban J connectivity index is 2.17. The average molecular weight is 274 g/mol. The molecule has 1 aliphatic rings. The van der Waals surface area contributed by atoms with Crippen molar-refractivity contribution in [3.05, 3.63) is 29.8 Å². The molecule has 108 valence electrons. The van der Waals surface area contributed by atoms with Gasteiger partial charge in [-0.15, -0.1) is 0 Å². The van der Waals surface area contributed by atoms with Gasteiger partial charge < -0.3 is 10.2 Å². The molecule has 0 unspecified atom stereocenters. The van der Waals surface area contributed by atoms with E-state index in [4.69, 9.17) is 0 Å². The Kier molecular flexibility index (Phi) is 4.12. The molecule has 4 heteroatoms. The van der Waals surface area contributed by atoms with Crippen molar-refractivity contribution in [3.63, 3.8) is 0 Å². The lowest BCUT2D eigenvalue weighted by Gasteiger charge is -2.25. The van der Waals surface area contributed by atoms with Crippen molar-refractivity contribution in [2.45, 2.75) is 45.6 Å². The Bertz CT molecular complexity index is 523. The van der Waals surface area contributed by atoms with Gasteiger partial charge in [0.25, 0.3) is 5.91 Å². The Morgan fingerprint density at radius 1 is 1.40 bits per heavy atom. The number of hydrogen-bond donors (Lipinski definition) is 1. The number of nitrogens with zero attached hydrogens (tertiary/aromatic N) is 1. The molecule has 0 aromatic heterocycles. The highest BCUT2D eigenvalue weighted by atomic mass is 16.2. The van der Waals surface area contributed by atoms with Crippen molar-refractivity contribution >= 4 is 17.5 Å². The summed E-state index contributed by atoms with van der Waals surface area (Å²) >= 11 is 0. The molecule has 0 atom stereocenters. The van der Waals surface area contributed by atoms with Crippen molar-refractivity contribution in [2.75, 3.05) is 11.4 Å². The van der Waals surface area contributed by atoms with Crippen LogP contribution in [0, 0.1) is 0 Å². The van der Waals surface area contributed by atoms with E-state index in [1.165, 1.54) is 0 Å². The summed E-state index contributed by atoms with van der Waals surface area (Å²) in [4.78, 5) is 25.8. The number of rotatable bonds is 4. The van der Waals surface area contributed by atoms with Crippen LogP contribution in [0.25, 0.3) is 0 Å². The lowest BCUT2D eigenvalue weighted by molar-refractivity contribution is -0.117. The molecule has 1 heterocycles. The minimum Gasteiger partial charge on any atom is -0.347 e. The maximum absolute atomic E-state index is 12.3. The van der Waals surface area contributed by atoms with E-state index in [0.717, 1.165) is 25.1 Å². The van der Waals surface area contributed by atoms with E-state index in [-0.39, 0.29) is 17.4 Å². The van der Waals surface area contributed by atoms with Crippen LogP contribution in [0.3, 0.4) is 0 Å². The number of nitrogens with one attached hydrogen (secondary N) is 1. The number of carbonyl (C=O) groups excluding carboxylic acids is 2. The standard InChI is InChI=1S/C16H22N2O2/c1-4-16(2,3)17-15(20)12-7-5-8-13(11-12)18-10-6-9-14(18)19/h5,7-8,11H,4,6,9-10H2,1-3H3,(H,17,20). The number of amides is 2. The molecule has 0 spiro atoms. The fourth-order valence-corrected chi connectivity index (χ4v) is 2.20. The fraction of sp³-hybridized carbons (Fsp3) is 0.500. The molecule has 0 aliphatic carbocycles. The van der Waals surface area contributed by atoms with Gasteiger partial charge in [0.15, 0.2) is 0 Å². The molecule has 1 saturated heterocycles. The van der Waals surface area contributed by atoms with Crippen LogP contribution in [0.4, 0.5) is 5.69 Å². The SMILES string of the molecule is CCC(C)(C)NC(=O)c1cccc(N2CCCC2=O)c1. The molecule has 4 nitrogen and oxygen atoms in total. The maximum atomic E-state index is 12.3. The normalized spacial score (nSPS) is 15.6. The molecule has 1 aromatic rings. The third-order valence-electron chi connectivity index (χ3n) is 3.83. The minimum atomic E-state index is -0.226. The largest absolute Gasteiger partial charge is 0.347 e. The third-order valence-corrected chi connectivity index (χ3v) is 3.83. The van der Waals surface area contributed by atoms with Gasteiger partial charge in [0, 0.05) is 29.8 Å². The van der Waals surface area contributed by atoms with Crippen LogP contribution in [0.15, 0.2) is 24.3 Å². The van der Waals surface area contributed by atoms with Crippen molar-refractivity contribution in [1.82, 2.24) is 5.32 Å². The van der Waals surface area contributed by atoms with Gasteiger partial charge in [-0.3, -0.25) is 9.59 Å². The van der Waals surface area contributed by atoms with E-state index in [0.29, 0.717) is 12.0 Å². The highest BCUT2D eigenvalue weighted by Gasteiger charge is 2.23. The van der Waals surface area contributed by atoms with Crippen LogP contribution in [0.2, 0.25) is 0 Å². The van der Waals surface area contributed by atoms with Crippen molar-refractivity contribution in [1.29, 1.82) is 0 Å². The van der Waals surface area contributed by atoms with Crippen LogP contribution >= 0.6 is 0 Å². The molecule has 0 radical (unpaired) electrons. The predicted molar refractivity (Wildman–Crippen MR) is 79.9 cm³/mol. The minimum absolute atomic E-state index is 0.0923. The Hall–Kier alpha value is -1.84. The van der Waals surface area contributed by atoms with Gasteiger partial charge in [0.2, 0.25) is 5.91 Å².